The van der Waals surface area contributed by atoms with Gasteiger partial charge in [-0.15, -0.1) is 0 Å². The maximum Gasteiger partial charge on any atom is 1.00 e. The zero-order valence-corrected chi connectivity index (χ0v) is 29.2. The van der Waals surface area contributed by atoms with Crippen molar-refractivity contribution in [2.75, 3.05) is 39.6 Å². The topological polar surface area (TPSA) is 111 Å². The number of carbonyl (C=O) groups excluding carboxylic acids is 3. The molecule has 0 rings (SSSR count). The van der Waals surface area contributed by atoms with Crippen LogP contribution in [0.2, 0.25) is 0 Å². The third kappa shape index (κ3) is 28.6. The second kappa shape index (κ2) is 30.3. The predicted octanol–water partition coefficient (Wildman–Crippen LogP) is 2.60. The maximum absolute atomic E-state index is 11.4. The Labute approximate surface area is 261 Å². The minimum atomic E-state index is -0.972. The second-order valence-corrected chi connectivity index (χ2v) is 10.2. The molecule has 0 radical (unpaired) electrons. The van der Waals surface area contributed by atoms with E-state index in [1.807, 2.05) is 41.5 Å². The number of esters is 2. The van der Waals surface area contributed by atoms with E-state index in [0.29, 0.717) is 52.0 Å². The Bertz CT molecular complexity index is 583. The summed E-state index contributed by atoms with van der Waals surface area (Å²) in [5.74, 6) is -0.571. The Balaban J connectivity index is -0.000000244. The zero-order valence-electron chi connectivity index (χ0n) is 27.2. The molecule has 0 N–H and O–H groups in total. The van der Waals surface area contributed by atoms with Gasteiger partial charge in [-0.05, 0) is 38.5 Å². The van der Waals surface area contributed by atoms with Gasteiger partial charge in [-0.25, -0.2) is 0 Å². The minimum Gasteiger partial charge on any atom is -0.550 e. The fourth-order valence-corrected chi connectivity index (χ4v) is 2.43. The van der Waals surface area contributed by atoms with E-state index in [9.17, 15) is 19.5 Å². The molecule has 39 heavy (non-hydrogen) atoms. The van der Waals surface area contributed by atoms with E-state index in [1.54, 1.807) is 13.8 Å². The van der Waals surface area contributed by atoms with Crippen LogP contribution in [-0.2, 0) is 33.3 Å². The van der Waals surface area contributed by atoms with Crippen LogP contribution >= 0.6 is 0 Å². The Morgan fingerprint density at radius 1 is 0.744 bits per heavy atom. The minimum absolute atomic E-state index is 0. The van der Waals surface area contributed by atoms with Crippen LogP contribution in [0.15, 0.2) is 0 Å². The molecule has 0 aromatic heterocycles. The van der Waals surface area contributed by atoms with Gasteiger partial charge in [-0.1, -0.05) is 81.6 Å². The Morgan fingerprint density at radius 2 is 1.23 bits per heavy atom. The van der Waals surface area contributed by atoms with Gasteiger partial charge in [0.1, 0.15) is 6.61 Å². The van der Waals surface area contributed by atoms with Crippen LogP contribution in [0.25, 0.3) is 0 Å². The molecular formula is C30H59NaO8. The molecule has 0 fully saturated rings. The van der Waals surface area contributed by atoms with Crippen molar-refractivity contribution in [3.05, 3.63) is 0 Å². The quantitative estimate of drug-likeness (QED) is 0.132. The van der Waals surface area contributed by atoms with Crippen molar-refractivity contribution in [2.45, 2.75) is 114 Å². The fraction of sp³-hybridized carbons (Fsp3) is 0.900. The van der Waals surface area contributed by atoms with Crippen molar-refractivity contribution in [3.63, 3.8) is 0 Å². The fourth-order valence-electron chi connectivity index (χ4n) is 2.43. The molecule has 3 unspecified atom stereocenters. The molecule has 0 saturated carbocycles. The van der Waals surface area contributed by atoms with Crippen LogP contribution in [0.1, 0.15) is 114 Å². The molecule has 0 spiro atoms. The predicted molar refractivity (Wildman–Crippen MR) is 151 cm³/mol. The Morgan fingerprint density at radius 3 is 1.62 bits per heavy atom. The molecule has 0 aromatic carbocycles. The number of unbranched alkanes of at least 4 members (excludes halogenated alkanes) is 1. The van der Waals surface area contributed by atoms with Crippen LogP contribution in [0.5, 0.6) is 0 Å². The van der Waals surface area contributed by atoms with Crippen LogP contribution < -0.4 is 34.7 Å². The third-order valence-corrected chi connectivity index (χ3v) is 6.52. The van der Waals surface area contributed by atoms with Gasteiger partial charge < -0.3 is 28.8 Å². The van der Waals surface area contributed by atoms with E-state index >= 15 is 0 Å². The Kier molecular flexibility index (Phi) is 35.2. The molecule has 0 aromatic rings. The summed E-state index contributed by atoms with van der Waals surface area (Å²) in [6, 6.07) is 0. The molecule has 0 bridgehead atoms. The molecule has 0 heterocycles. The van der Waals surface area contributed by atoms with Crippen molar-refractivity contribution in [2.24, 2.45) is 23.2 Å². The van der Waals surface area contributed by atoms with Gasteiger partial charge in [-0.2, -0.15) is 0 Å². The smallest absolute Gasteiger partial charge is 0.550 e. The van der Waals surface area contributed by atoms with Gasteiger partial charge in [0.05, 0.1) is 38.3 Å². The van der Waals surface area contributed by atoms with Crippen LogP contribution in [0.3, 0.4) is 0 Å². The number of hydrogen-bond acceptors (Lipinski definition) is 8. The van der Waals surface area contributed by atoms with E-state index in [2.05, 4.69) is 13.8 Å². The van der Waals surface area contributed by atoms with Gasteiger partial charge >= 0.3 is 41.5 Å². The number of carbonyl (C=O) groups is 3. The van der Waals surface area contributed by atoms with Crippen molar-refractivity contribution < 1.29 is 68.0 Å². The summed E-state index contributed by atoms with van der Waals surface area (Å²) < 4.78 is 20.6. The van der Waals surface area contributed by atoms with E-state index in [0.717, 1.165) is 19.3 Å². The van der Waals surface area contributed by atoms with Gasteiger partial charge in [0.25, 0.3) is 0 Å². The SMILES string of the molecule is CCC(C)(C)C(=O)[O-].CCCCC(CC)COC(=O)C(C)CC.CCOCCOCCOC(=O)C(C)CC.[Na+]. The van der Waals surface area contributed by atoms with E-state index in [-0.39, 0.29) is 53.3 Å². The van der Waals surface area contributed by atoms with E-state index < -0.39 is 11.4 Å². The molecule has 3 atom stereocenters. The van der Waals surface area contributed by atoms with E-state index in [4.69, 9.17) is 18.9 Å². The number of aliphatic carboxylic acids is 1. The number of carboxylic acid groups (broad SMARTS) is 1. The Hall–Kier alpha value is -0.670. The van der Waals surface area contributed by atoms with Crippen molar-refractivity contribution >= 4 is 17.9 Å². The van der Waals surface area contributed by atoms with Crippen LogP contribution in [0.4, 0.5) is 0 Å². The molecule has 8 nitrogen and oxygen atoms in total. The van der Waals surface area contributed by atoms with Crippen molar-refractivity contribution in [1.29, 1.82) is 0 Å². The van der Waals surface area contributed by atoms with Crippen LogP contribution in [-0.4, -0.2) is 57.5 Å². The molecule has 9 heteroatoms. The largest absolute Gasteiger partial charge is 1.00 e. The monoisotopic (exact) mass is 570 g/mol. The first-order valence-electron chi connectivity index (χ1n) is 14.6. The summed E-state index contributed by atoms with van der Waals surface area (Å²) in [6.07, 6.45) is 7.04. The third-order valence-electron chi connectivity index (χ3n) is 6.52. The number of hydrogen-bond donors (Lipinski definition) is 0. The standard InChI is InChI=1S/C13H26O2.C11H22O4.C6H12O2.Na/c1-5-8-9-12(7-3)10-15-13(14)11(4)6-2;1-4-10(3)11(12)15-9-8-14-7-6-13-5-2;1-4-6(2,3)5(7)8;/h11-12H,5-10H2,1-4H3;10H,4-9H2,1-3H3;4H2,1-3H3,(H,7,8);/q;;;+1/p-1. The normalized spacial score (nSPS) is 12.8. The summed E-state index contributed by atoms with van der Waals surface area (Å²) in [6.45, 7) is 22.4. The molecular weight excluding hydrogens is 511 g/mol. The second-order valence-electron chi connectivity index (χ2n) is 10.2. The zero-order chi connectivity index (χ0) is 30.0. The number of ether oxygens (including phenoxy) is 4. The molecule has 0 aliphatic carbocycles. The summed E-state index contributed by atoms with van der Waals surface area (Å²) in [5.41, 5.74) is -0.653. The van der Waals surface area contributed by atoms with Gasteiger partial charge in [0.15, 0.2) is 0 Å². The first-order valence-corrected chi connectivity index (χ1v) is 14.6. The number of rotatable bonds is 19. The summed E-state index contributed by atoms with van der Waals surface area (Å²) in [5, 5.41) is 10.1. The maximum atomic E-state index is 11.4. The molecule has 228 valence electrons. The molecule has 0 saturated heterocycles. The van der Waals surface area contributed by atoms with Gasteiger partial charge in [-0.3, -0.25) is 9.59 Å². The van der Waals surface area contributed by atoms with Crippen molar-refractivity contribution in [1.82, 2.24) is 0 Å². The molecule has 0 aliphatic heterocycles. The van der Waals surface area contributed by atoms with E-state index in [1.165, 1.54) is 19.3 Å². The first kappa shape index (κ1) is 45.3. The van der Waals surface area contributed by atoms with Crippen LogP contribution in [0, 0.1) is 23.2 Å². The number of carboxylic acids is 1. The average molecular weight is 571 g/mol. The molecule has 0 amide bonds. The van der Waals surface area contributed by atoms with Gasteiger partial charge in [0, 0.05) is 18.0 Å². The summed E-state index contributed by atoms with van der Waals surface area (Å²) in [7, 11) is 0. The first-order chi connectivity index (χ1) is 17.9. The summed E-state index contributed by atoms with van der Waals surface area (Å²) >= 11 is 0. The molecule has 0 aliphatic rings. The van der Waals surface area contributed by atoms with Crippen molar-refractivity contribution in [3.8, 4) is 0 Å². The average Bonchev–Trinajstić information content (AvgIpc) is 2.91. The van der Waals surface area contributed by atoms with Gasteiger partial charge in [0.2, 0.25) is 0 Å². The summed E-state index contributed by atoms with van der Waals surface area (Å²) in [4.78, 5) is 32.8.